The van der Waals surface area contributed by atoms with Crippen molar-refractivity contribution in [3.63, 3.8) is 0 Å². The third-order valence-electron chi connectivity index (χ3n) is 2.58. The Kier molecular flexibility index (Phi) is 7.47. The third-order valence-corrected chi connectivity index (χ3v) is 4.51. The van der Waals surface area contributed by atoms with E-state index in [1.54, 1.807) is 0 Å². The Hall–Kier alpha value is 0.110. The molecule has 0 fully saturated rings. The molecular weight excluding hydrogens is 285 g/mol. The molecule has 1 atom stereocenters. The average molecular weight is 306 g/mol. The summed E-state index contributed by atoms with van der Waals surface area (Å²) < 4.78 is 0. The molecule has 0 bridgehead atoms. The molecule has 102 valence electrons. The summed E-state index contributed by atoms with van der Waals surface area (Å²) in [7, 11) is 0. The van der Waals surface area contributed by atoms with Gasteiger partial charge in [0.15, 0.2) is 0 Å². The van der Waals surface area contributed by atoms with Crippen LogP contribution in [0.1, 0.15) is 38.8 Å². The van der Waals surface area contributed by atoms with E-state index in [-0.39, 0.29) is 0 Å². The van der Waals surface area contributed by atoms with Crippen LogP contribution in [-0.4, -0.2) is 17.5 Å². The van der Waals surface area contributed by atoms with E-state index in [0.717, 1.165) is 18.7 Å². The van der Waals surface area contributed by atoms with Crippen molar-refractivity contribution in [2.75, 3.05) is 12.3 Å². The van der Waals surface area contributed by atoms with Gasteiger partial charge in [0, 0.05) is 11.8 Å². The van der Waals surface area contributed by atoms with Crippen molar-refractivity contribution in [3.05, 3.63) is 33.8 Å². The summed E-state index contributed by atoms with van der Waals surface area (Å²) in [5.74, 6) is 1.05. The number of benzene rings is 1. The van der Waals surface area contributed by atoms with Gasteiger partial charge in [0.1, 0.15) is 0 Å². The smallest absolute Gasteiger partial charge is 0.0595 e. The highest BCUT2D eigenvalue weighted by molar-refractivity contribution is 7.99. The fourth-order valence-electron chi connectivity index (χ4n) is 1.61. The number of thioether (sulfide) groups is 1. The van der Waals surface area contributed by atoms with Crippen LogP contribution in [-0.2, 0) is 0 Å². The Morgan fingerprint density at radius 2 is 1.94 bits per heavy atom. The van der Waals surface area contributed by atoms with Gasteiger partial charge < -0.3 is 5.32 Å². The molecule has 0 radical (unpaired) electrons. The predicted octanol–water partition coefficient (Wildman–Crippen LogP) is 5.18. The minimum atomic E-state index is 0.340. The van der Waals surface area contributed by atoms with Gasteiger partial charge in [-0.15, -0.1) is 0 Å². The highest BCUT2D eigenvalue weighted by Gasteiger charge is 2.13. The number of hydrogen-bond donors (Lipinski definition) is 1. The lowest BCUT2D eigenvalue weighted by Gasteiger charge is -2.20. The summed E-state index contributed by atoms with van der Waals surface area (Å²) in [5, 5.41) is 5.45. The van der Waals surface area contributed by atoms with Gasteiger partial charge in [-0.25, -0.2) is 0 Å². The molecule has 1 aromatic carbocycles. The van der Waals surface area contributed by atoms with Gasteiger partial charge in [0.05, 0.1) is 10.0 Å². The van der Waals surface area contributed by atoms with Crippen LogP contribution in [0.3, 0.4) is 0 Å². The Morgan fingerprint density at radius 3 is 2.50 bits per heavy atom. The zero-order valence-electron chi connectivity index (χ0n) is 11.2. The van der Waals surface area contributed by atoms with Crippen LogP contribution in [0.5, 0.6) is 0 Å². The average Bonchev–Trinajstić information content (AvgIpc) is 2.33. The van der Waals surface area contributed by atoms with E-state index in [4.69, 9.17) is 23.2 Å². The number of rotatable bonds is 7. The van der Waals surface area contributed by atoms with E-state index in [0.29, 0.717) is 21.3 Å². The Labute approximate surface area is 125 Å². The maximum absolute atomic E-state index is 6.09. The van der Waals surface area contributed by atoms with Crippen molar-refractivity contribution >= 4 is 35.0 Å². The molecule has 0 aliphatic carbocycles. The molecule has 1 N–H and O–H groups in total. The Bertz CT molecular complexity index is 369. The Balaban J connectivity index is 2.76. The molecule has 0 aliphatic heterocycles. The SMILES string of the molecule is CCCNC(CSC(C)C)c1ccc(Cl)c(Cl)c1. The fraction of sp³-hybridized carbons (Fsp3) is 0.571. The molecule has 4 heteroatoms. The van der Waals surface area contributed by atoms with E-state index in [1.807, 2.05) is 23.9 Å². The fourth-order valence-corrected chi connectivity index (χ4v) is 2.80. The van der Waals surface area contributed by atoms with Gasteiger partial charge in [-0.05, 0) is 35.9 Å². The van der Waals surface area contributed by atoms with Crippen molar-refractivity contribution in [2.24, 2.45) is 0 Å². The highest BCUT2D eigenvalue weighted by Crippen LogP contribution is 2.28. The van der Waals surface area contributed by atoms with Crippen molar-refractivity contribution < 1.29 is 0 Å². The molecule has 0 amide bonds. The summed E-state index contributed by atoms with van der Waals surface area (Å²) in [6.45, 7) is 7.63. The standard InChI is InChI=1S/C14H21Cl2NS/c1-4-7-17-14(9-18-10(2)3)11-5-6-12(15)13(16)8-11/h5-6,8,10,14,17H,4,7,9H2,1-3H3. The van der Waals surface area contributed by atoms with Crippen molar-refractivity contribution in [1.29, 1.82) is 0 Å². The molecule has 0 heterocycles. The number of hydrogen-bond acceptors (Lipinski definition) is 2. The van der Waals surface area contributed by atoms with Crippen molar-refractivity contribution in [3.8, 4) is 0 Å². The molecule has 0 saturated carbocycles. The second-order valence-electron chi connectivity index (χ2n) is 4.56. The zero-order chi connectivity index (χ0) is 13.5. The summed E-state index contributed by atoms with van der Waals surface area (Å²) in [6.07, 6.45) is 1.13. The first-order chi connectivity index (χ1) is 8.54. The Morgan fingerprint density at radius 1 is 1.22 bits per heavy atom. The van der Waals surface area contributed by atoms with E-state index in [2.05, 4.69) is 32.2 Å². The second-order valence-corrected chi connectivity index (χ2v) is 6.99. The molecule has 1 unspecified atom stereocenters. The molecular formula is C14H21Cl2NS. The monoisotopic (exact) mass is 305 g/mol. The third kappa shape index (κ3) is 5.40. The van der Waals surface area contributed by atoms with Gasteiger partial charge in [0.25, 0.3) is 0 Å². The van der Waals surface area contributed by atoms with Crippen LogP contribution in [0.2, 0.25) is 10.0 Å². The van der Waals surface area contributed by atoms with Gasteiger partial charge in [-0.2, -0.15) is 11.8 Å². The van der Waals surface area contributed by atoms with Crippen molar-refractivity contribution in [1.82, 2.24) is 5.32 Å². The predicted molar refractivity (Wildman–Crippen MR) is 85.1 cm³/mol. The number of halogens is 2. The molecule has 0 aliphatic rings. The maximum Gasteiger partial charge on any atom is 0.0595 e. The summed E-state index contributed by atoms with van der Waals surface area (Å²) in [4.78, 5) is 0. The zero-order valence-corrected chi connectivity index (χ0v) is 13.5. The first-order valence-electron chi connectivity index (χ1n) is 6.34. The number of nitrogens with one attached hydrogen (secondary N) is 1. The lowest BCUT2D eigenvalue weighted by Crippen LogP contribution is -2.24. The summed E-state index contributed by atoms with van der Waals surface area (Å²) in [6, 6.07) is 6.24. The van der Waals surface area contributed by atoms with Gasteiger partial charge in [-0.3, -0.25) is 0 Å². The molecule has 0 spiro atoms. The van der Waals surface area contributed by atoms with Crippen LogP contribution < -0.4 is 5.32 Å². The molecule has 1 nitrogen and oxygen atoms in total. The van der Waals surface area contributed by atoms with Gasteiger partial charge in [-0.1, -0.05) is 50.0 Å². The van der Waals surface area contributed by atoms with E-state index in [1.165, 1.54) is 5.56 Å². The lowest BCUT2D eigenvalue weighted by atomic mass is 10.1. The van der Waals surface area contributed by atoms with Crippen LogP contribution >= 0.6 is 35.0 Å². The minimum absolute atomic E-state index is 0.340. The van der Waals surface area contributed by atoms with Gasteiger partial charge >= 0.3 is 0 Å². The van der Waals surface area contributed by atoms with Crippen molar-refractivity contribution in [2.45, 2.75) is 38.5 Å². The molecule has 1 rings (SSSR count). The molecule has 0 saturated heterocycles. The largest absolute Gasteiger partial charge is 0.309 e. The van der Waals surface area contributed by atoms with E-state index < -0.39 is 0 Å². The maximum atomic E-state index is 6.09. The quantitative estimate of drug-likeness (QED) is 0.745. The molecule has 1 aromatic rings. The normalized spacial score (nSPS) is 13.0. The minimum Gasteiger partial charge on any atom is -0.309 e. The first-order valence-corrected chi connectivity index (χ1v) is 8.15. The molecule has 18 heavy (non-hydrogen) atoms. The second kappa shape index (κ2) is 8.31. The van der Waals surface area contributed by atoms with Gasteiger partial charge in [0.2, 0.25) is 0 Å². The van der Waals surface area contributed by atoms with E-state index >= 15 is 0 Å². The molecule has 0 aromatic heterocycles. The van der Waals surface area contributed by atoms with Crippen LogP contribution in [0, 0.1) is 0 Å². The highest BCUT2D eigenvalue weighted by atomic mass is 35.5. The van der Waals surface area contributed by atoms with Crippen LogP contribution in [0.25, 0.3) is 0 Å². The lowest BCUT2D eigenvalue weighted by molar-refractivity contribution is 0.577. The topological polar surface area (TPSA) is 12.0 Å². The first kappa shape index (κ1) is 16.2. The van der Waals surface area contributed by atoms with Crippen LogP contribution in [0.4, 0.5) is 0 Å². The summed E-state index contributed by atoms with van der Waals surface area (Å²) >= 11 is 14.0. The van der Waals surface area contributed by atoms with E-state index in [9.17, 15) is 0 Å². The summed E-state index contributed by atoms with van der Waals surface area (Å²) in [5.41, 5.74) is 1.21. The van der Waals surface area contributed by atoms with Crippen LogP contribution in [0.15, 0.2) is 18.2 Å².